The van der Waals surface area contributed by atoms with Crippen molar-refractivity contribution in [3.05, 3.63) is 53.2 Å². The van der Waals surface area contributed by atoms with Gasteiger partial charge in [-0.05, 0) is 12.5 Å². The summed E-state index contributed by atoms with van der Waals surface area (Å²) in [4.78, 5) is 29.9. The van der Waals surface area contributed by atoms with Gasteiger partial charge in [-0.1, -0.05) is 30.3 Å². The van der Waals surface area contributed by atoms with E-state index < -0.39 is 11.9 Å². The molecule has 1 amide bonds. The van der Waals surface area contributed by atoms with Gasteiger partial charge in [0.05, 0.1) is 11.6 Å². The highest BCUT2D eigenvalue weighted by molar-refractivity contribution is 5.93. The van der Waals surface area contributed by atoms with Gasteiger partial charge < -0.3 is 14.4 Å². The SMILES string of the molecule is Cc1nc(C)c(C(=O)N2CC(C(=O)O)C(c3ccccc3)C2)o1. The summed E-state index contributed by atoms with van der Waals surface area (Å²) in [6.07, 6.45) is 0. The van der Waals surface area contributed by atoms with Gasteiger partial charge in [0.1, 0.15) is 0 Å². The third-order valence-electron chi connectivity index (χ3n) is 4.25. The van der Waals surface area contributed by atoms with Crippen molar-refractivity contribution in [2.24, 2.45) is 5.92 Å². The van der Waals surface area contributed by atoms with Crippen molar-refractivity contribution in [1.29, 1.82) is 0 Å². The molecule has 0 spiro atoms. The standard InChI is InChI=1S/C17H18N2O4/c1-10-15(23-11(2)18-10)16(20)19-8-13(14(9-19)17(21)22)12-6-4-3-5-7-12/h3-7,13-14H,8-9H2,1-2H3,(H,21,22). The molecule has 3 rings (SSSR count). The highest BCUT2D eigenvalue weighted by Gasteiger charge is 2.41. The molecule has 6 heteroatoms. The number of oxazole rings is 1. The number of aromatic nitrogens is 1. The predicted molar refractivity (Wildman–Crippen MR) is 82.2 cm³/mol. The van der Waals surface area contributed by atoms with Crippen molar-refractivity contribution < 1.29 is 19.1 Å². The van der Waals surface area contributed by atoms with E-state index in [-0.39, 0.29) is 24.1 Å². The van der Waals surface area contributed by atoms with E-state index in [0.29, 0.717) is 18.1 Å². The number of carboxylic acid groups (broad SMARTS) is 1. The van der Waals surface area contributed by atoms with Gasteiger partial charge in [0.2, 0.25) is 5.76 Å². The maximum atomic E-state index is 12.6. The first-order valence-corrected chi connectivity index (χ1v) is 7.48. The van der Waals surface area contributed by atoms with Crippen molar-refractivity contribution in [2.75, 3.05) is 13.1 Å². The highest BCUT2D eigenvalue weighted by Crippen LogP contribution is 2.33. The maximum Gasteiger partial charge on any atom is 0.308 e. The normalized spacial score (nSPS) is 20.7. The van der Waals surface area contributed by atoms with Gasteiger partial charge in [-0.3, -0.25) is 9.59 Å². The Hall–Kier alpha value is -2.63. The lowest BCUT2D eigenvalue weighted by molar-refractivity contribution is -0.141. The van der Waals surface area contributed by atoms with Crippen LogP contribution in [0.25, 0.3) is 0 Å². The van der Waals surface area contributed by atoms with Crippen molar-refractivity contribution in [1.82, 2.24) is 9.88 Å². The number of aliphatic carboxylic acids is 1. The Kier molecular flexibility index (Phi) is 3.90. The van der Waals surface area contributed by atoms with Crippen LogP contribution in [0.2, 0.25) is 0 Å². The lowest BCUT2D eigenvalue weighted by Crippen LogP contribution is -2.30. The third-order valence-corrected chi connectivity index (χ3v) is 4.25. The number of carbonyl (C=O) groups is 2. The minimum Gasteiger partial charge on any atom is -0.481 e. The topological polar surface area (TPSA) is 83.6 Å². The Balaban J connectivity index is 1.87. The van der Waals surface area contributed by atoms with Crippen LogP contribution in [0.1, 0.15) is 33.6 Å². The average molecular weight is 314 g/mol. The molecule has 1 aliphatic rings. The fraction of sp³-hybridized carbons (Fsp3) is 0.353. The Morgan fingerprint density at radius 2 is 1.91 bits per heavy atom. The molecule has 0 radical (unpaired) electrons. The second kappa shape index (κ2) is 5.87. The van der Waals surface area contributed by atoms with Gasteiger partial charge >= 0.3 is 5.97 Å². The largest absolute Gasteiger partial charge is 0.481 e. The fourth-order valence-corrected chi connectivity index (χ4v) is 3.13. The van der Waals surface area contributed by atoms with E-state index in [1.807, 2.05) is 30.3 Å². The van der Waals surface area contributed by atoms with Gasteiger partial charge in [0, 0.05) is 25.9 Å². The summed E-state index contributed by atoms with van der Waals surface area (Å²) in [6, 6.07) is 9.44. The Bertz CT molecular complexity index is 738. The molecule has 120 valence electrons. The van der Waals surface area contributed by atoms with Crippen LogP contribution in [0.4, 0.5) is 0 Å². The maximum absolute atomic E-state index is 12.6. The summed E-state index contributed by atoms with van der Waals surface area (Å²) < 4.78 is 5.38. The zero-order valence-electron chi connectivity index (χ0n) is 13.0. The number of carboxylic acids is 1. The number of rotatable bonds is 3. The predicted octanol–water partition coefficient (Wildman–Crippen LogP) is 2.23. The number of likely N-dealkylation sites (tertiary alicyclic amines) is 1. The van der Waals surface area contributed by atoms with Crippen LogP contribution in [0.15, 0.2) is 34.7 Å². The summed E-state index contributed by atoms with van der Waals surface area (Å²) in [7, 11) is 0. The van der Waals surface area contributed by atoms with Crippen LogP contribution in [-0.2, 0) is 4.79 Å². The average Bonchev–Trinajstić information content (AvgIpc) is 3.11. The van der Waals surface area contributed by atoms with Crippen LogP contribution in [0.5, 0.6) is 0 Å². The molecular weight excluding hydrogens is 296 g/mol. The van der Waals surface area contributed by atoms with Crippen LogP contribution < -0.4 is 0 Å². The van der Waals surface area contributed by atoms with E-state index in [1.165, 1.54) is 0 Å². The Morgan fingerprint density at radius 1 is 1.22 bits per heavy atom. The summed E-state index contributed by atoms with van der Waals surface area (Å²) in [5.41, 5.74) is 1.46. The number of hydrogen-bond donors (Lipinski definition) is 1. The van der Waals surface area contributed by atoms with Crippen LogP contribution in [0, 0.1) is 19.8 Å². The zero-order valence-corrected chi connectivity index (χ0v) is 13.0. The molecule has 23 heavy (non-hydrogen) atoms. The van der Waals surface area contributed by atoms with Gasteiger partial charge in [-0.25, -0.2) is 4.98 Å². The molecule has 2 aromatic rings. The van der Waals surface area contributed by atoms with E-state index in [4.69, 9.17) is 4.42 Å². The van der Waals surface area contributed by atoms with Crippen molar-refractivity contribution in [3.8, 4) is 0 Å². The molecule has 0 saturated carbocycles. The number of nitrogens with zero attached hydrogens (tertiary/aromatic N) is 2. The summed E-state index contributed by atoms with van der Waals surface area (Å²) in [5.74, 6) is -1.40. The Labute approximate surface area is 133 Å². The number of benzene rings is 1. The number of carbonyl (C=O) groups excluding carboxylic acids is 1. The molecule has 2 heterocycles. The lowest BCUT2D eigenvalue weighted by atomic mass is 9.89. The molecule has 1 aliphatic heterocycles. The first-order valence-electron chi connectivity index (χ1n) is 7.48. The van der Waals surface area contributed by atoms with E-state index in [1.54, 1.807) is 18.7 Å². The molecular formula is C17H18N2O4. The fourth-order valence-electron chi connectivity index (χ4n) is 3.13. The zero-order chi connectivity index (χ0) is 16.6. The van der Waals surface area contributed by atoms with Crippen LogP contribution in [-0.4, -0.2) is 40.0 Å². The number of hydrogen-bond acceptors (Lipinski definition) is 4. The molecule has 1 saturated heterocycles. The monoisotopic (exact) mass is 314 g/mol. The number of amides is 1. The molecule has 1 aromatic heterocycles. The molecule has 0 bridgehead atoms. The smallest absolute Gasteiger partial charge is 0.308 e. The first kappa shape index (κ1) is 15.3. The number of aryl methyl sites for hydroxylation is 2. The minimum atomic E-state index is -0.889. The lowest BCUT2D eigenvalue weighted by Gasteiger charge is -2.15. The summed E-state index contributed by atoms with van der Waals surface area (Å²) in [5, 5.41) is 9.50. The van der Waals surface area contributed by atoms with Crippen LogP contribution in [0.3, 0.4) is 0 Å². The summed E-state index contributed by atoms with van der Waals surface area (Å²) in [6.45, 7) is 3.93. The van der Waals surface area contributed by atoms with Crippen molar-refractivity contribution in [3.63, 3.8) is 0 Å². The van der Waals surface area contributed by atoms with E-state index in [9.17, 15) is 14.7 Å². The minimum absolute atomic E-state index is 0.174. The second-order valence-electron chi connectivity index (χ2n) is 5.82. The quantitative estimate of drug-likeness (QED) is 0.939. The molecule has 2 atom stereocenters. The van der Waals surface area contributed by atoms with Crippen LogP contribution >= 0.6 is 0 Å². The second-order valence-corrected chi connectivity index (χ2v) is 5.82. The van der Waals surface area contributed by atoms with Gasteiger partial charge in [-0.15, -0.1) is 0 Å². The van der Waals surface area contributed by atoms with E-state index in [2.05, 4.69) is 4.98 Å². The molecule has 1 fully saturated rings. The molecule has 2 unspecified atom stereocenters. The van der Waals surface area contributed by atoms with Crippen molar-refractivity contribution in [2.45, 2.75) is 19.8 Å². The van der Waals surface area contributed by atoms with Gasteiger partial charge in [-0.2, -0.15) is 0 Å². The molecule has 1 N–H and O–H groups in total. The van der Waals surface area contributed by atoms with E-state index >= 15 is 0 Å². The van der Waals surface area contributed by atoms with Gasteiger partial charge in [0.15, 0.2) is 5.89 Å². The molecule has 0 aliphatic carbocycles. The molecule has 1 aromatic carbocycles. The van der Waals surface area contributed by atoms with Gasteiger partial charge in [0.25, 0.3) is 5.91 Å². The highest BCUT2D eigenvalue weighted by atomic mass is 16.4. The Morgan fingerprint density at radius 3 is 2.48 bits per heavy atom. The third kappa shape index (κ3) is 2.84. The first-order chi connectivity index (χ1) is 11.0. The summed E-state index contributed by atoms with van der Waals surface area (Å²) >= 11 is 0. The van der Waals surface area contributed by atoms with Crippen molar-refractivity contribution >= 4 is 11.9 Å². The molecule has 6 nitrogen and oxygen atoms in total. The van der Waals surface area contributed by atoms with E-state index in [0.717, 1.165) is 5.56 Å².